The lowest BCUT2D eigenvalue weighted by Gasteiger charge is -2.34. The predicted octanol–water partition coefficient (Wildman–Crippen LogP) is 2.43. The van der Waals surface area contributed by atoms with E-state index in [0.717, 1.165) is 54.3 Å². The summed E-state index contributed by atoms with van der Waals surface area (Å²) in [6, 6.07) is 15.6. The van der Waals surface area contributed by atoms with Gasteiger partial charge in [0.15, 0.2) is 0 Å². The molecule has 4 rings (SSSR count). The number of fused-ring (bicyclic) bond motifs is 1. The zero-order valence-corrected chi connectivity index (χ0v) is 15.1. The van der Waals surface area contributed by atoms with Gasteiger partial charge >= 0.3 is 0 Å². The first-order valence-electron chi connectivity index (χ1n) is 8.72. The fourth-order valence-corrected chi connectivity index (χ4v) is 3.48. The van der Waals surface area contributed by atoms with Crippen molar-refractivity contribution in [1.82, 2.24) is 24.8 Å². The molecule has 0 N–H and O–H groups in total. The van der Waals surface area contributed by atoms with Gasteiger partial charge in [-0.1, -0.05) is 47.1 Å². The fourth-order valence-electron chi connectivity index (χ4n) is 3.29. The Morgan fingerprint density at radius 3 is 2.54 bits per heavy atom. The summed E-state index contributed by atoms with van der Waals surface area (Å²) in [6.07, 6.45) is 0. The molecule has 0 aliphatic carbocycles. The summed E-state index contributed by atoms with van der Waals surface area (Å²) >= 11 is 6.24. The third kappa shape index (κ3) is 3.57. The zero-order valence-electron chi connectivity index (χ0n) is 14.4. The number of aromatic nitrogens is 3. The maximum atomic E-state index is 12.6. The number of rotatable bonds is 4. The summed E-state index contributed by atoms with van der Waals surface area (Å²) < 4.78 is 1.67. The molecule has 0 spiro atoms. The van der Waals surface area contributed by atoms with Gasteiger partial charge in [-0.3, -0.25) is 9.69 Å². The predicted molar refractivity (Wildman–Crippen MR) is 101 cm³/mol. The van der Waals surface area contributed by atoms with Gasteiger partial charge in [0.25, 0.3) is 0 Å². The molecule has 2 heterocycles. The van der Waals surface area contributed by atoms with Gasteiger partial charge in [0.05, 0.1) is 5.52 Å². The maximum Gasteiger partial charge on any atom is 0.244 e. The molecule has 0 bridgehead atoms. The molecule has 134 valence electrons. The summed E-state index contributed by atoms with van der Waals surface area (Å²) in [5.74, 6) is 0.0815. The second-order valence-corrected chi connectivity index (χ2v) is 6.89. The second kappa shape index (κ2) is 7.43. The van der Waals surface area contributed by atoms with Crippen LogP contribution in [0.4, 0.5) is 0 Å². The van der Waals surface area contributed by atoms with Crippen molar-refractivity contribution in [3.8, 4) is 0 Å². The summed E-state index contributed by atoms with van der Waals surface area (Å²) in [5, 5.41) is 9.01. The summed E-state index contributed by atoms with van der Waals surface area (Å²) in [7, 11) is 0. The van der Waals surface area contributed by atoms with Gasteiger partial charge in [0.1, 0.15) is 12.1 Å². The van der Waals surface area contributed by atoms with Gasteiger partial charge in [-0.05, 0) is 23.8 Å². The van der Waals surface area contributed by atoms with E-state index < -0.39 is 0 Å². The monoisotopic (exact) mass is 369 g/mol. The number of halogens is 1. The Labute approximate surface area is 156 Å². The molecule has 0 unspecified atom stereocenters. The number of para-hydroxylation sites is 1. The van der Waals surface area contributed by atoms with Crippen molar-refractivity contribution in [3.63, 3.8) is 0 Å². The molecule has 2 aromatic carbocycles. The molecule has 6 nitrogen and oxygen atoms in total. The second-order valence-electron chi connectivity index (χ2n) is 6.48. The SMILES string of the molecule is O=C(Cn1nnc2ccccc21)N1CCN(Cc2ccccc2Cl)CC1. The Morgan fingerprint density at radius 1 is 1.00 bits per heavy atom. The van der Waals surface area contributed by atoms with Crippen LogP contribution in [0.3, 0.4) is 0 Å². The molecule has 0 atom stereocenters. The highest BCUT2D eigenvalue weighted by Gasteiger charge is 2.22. The lowest BCUT2D eigenvalue weighted by molar-refractivity contribution is -0.133. The van der Waals surface area contributed by atoms with Crippen molar-refractivity contribution >= 4 is 28.5 Å². The van der Waals surface area contributed by atoms with Gasteiger partial charge in [-0.25, -0.2) is 4.68 Å². The van der Waals surface area contributed by atoms with E-state index in [-0.39, 0.29) is 12.5 Å². The van der Waals surface area contributed by atoms with E-state index in [2.05, 4.69) is 21.3 Å². The normalized spacial score (nSPS) is 15.5. The number of carbonyl (C=O) groups excluding carboxylic acids is 1. The first kappa shape index (κ1) is 17.0. The molecule has 1 aromatic heterocycles. The van der Waals surface area contributed by atoms with Crippen LogP contribution < -0.4 is 0 Å². The van der Waals surface area contributed by atoms with Gasteiger partial charge in [0, 0.05) is 37.7 Å². The van der Waals surface area contributed by atoms with Crippen LogP contribution in [-0.2, 0) is 17.9 Å². The van der Waals surface area contributed by atoms with Gasteiger partial charge < -0.3 is 4.90 Å². The molecule has 26 heavy (non-hydrogen) atoms. The smallest absolute Gasteiger partial charge is 0.244 e. The zero-order chi connectivity index (χ0) is 17.9. The molecule has 0 saturated carbocycles. The standard InChI is InChI=1S/C19H20ClN5O/c20-16-6-2-1-5-15(16)13-23-9-11-24(12-10-23)19(26)14-25-18-8-4-3-7-17(18)21-22-25/h1-8H,9-14H2. The van der Waals surface area contributed by atoms with E-state index in [1.807, 2.05) is 47.4 Å². The van der Waals surface area contributed by atoms with E-state index in [9.17, 15) is 4.79 Å². The molecule has 0 radical (unpaired) electrons. The van der Waals surface area contributed by atoms with Crippen LogP contribution in [0.5, 0.6) is 0 Å². The van der Waals surface area contributed by atoms with E-state index in [1.54, 1.807) is 4.68 Å². The minimum atomic E-state index is 0.0815. The van der Waals surface area contributed by atoms with Crippen LogP contribution in [0.1, 0.15) is 5.56 Å². The van der Waals surface area contributed by atoms with Crippen LogP contribution in [0.2, 0.25) is 5.02 Å². The maximum absolute atomic E-state index is 12.6. The minimum absolute atomic E-state index is 0.0815. The van der Waals surface area contributed by atoms with Crippen LogP contribution in [0.15, 0.2) is 48.5 Å². The van der Waals surface area contributed by atoms with Crippen LogP contribution in [0.25, 0.3) is 11.0 Å². The molecule has 3 aromatic rings. The number of nitrogens with zero attached hydrogens (tertiary/aromatic N) is 5. The molecule has 7 heteroatoms. The van der Waals surface area contributed by atoms with Gasteiger partial charge in [-0.15, -0.1) is 5.10 Å². The highest BCUT2D eigenvalue weighted by molar-refractivity contribution is 6.31. The Bertz CT molecular complexity index is 917. The van der Waals surface area contributed by atoms with Gasteiger partial charge in [0.2, 0.25) is 5.91 Å². The van der Waals surface area contributed by atoms with E-state index >= 15 is 0 Å². The van der Waals surface area contributed by atoms with Crippen molar-refractivity contribution < 1.29 is 4.79 Å². The third-order valence-corrected chi connectivity index (χ3v) is 5.15. The molecule has 1 aliphatic heterocycles. The van der Waals surface area contributed by atoms with E-state index in [4.69, 9.17) is 11.6 Å². The van der Waals surface area contributed by atoms with Crippen molar-refractivity contribution in [2.24, 2.45) is 0 Å². The molecular formula is C19H20ClN5O. The first-order chi connectivity index (χ1) is 12.7. The minimum Gasteiger partial charge on any atom is -0.339 e. The molecule has 1 amide bonds. The topological polar surface area (TPSA) is 54.3 Å². The lowest BCUT2D eigenvalue weighted by atomic mass is 10.2. The van der Waals surface area contributed by atoms with Crippen LogP contribution >= 0.6 is 11.6 Å². The average molecular weight is 370 g/mol. The number of hydrogen-bond acceptors (Lipinski definition) is 4. The van der Waals surface area contributed by atoms with E-state index in [1.165, 1.54) is 0 Å². The van der Waals surface area contributed by atoms with Crippen molar-refractivity contribution in [3.05, 3.63) is 59.1 Å². The summed E-state index contributed by atoms with van der Waals surface area (Å²) in [5.41, 5.74) is 2.83. The highest BCUT2D eigenvalue weighted by Crippen LogP contribution is 2.18. The average Bonchev–Trinajstić information content (AvgIpc) is 3.07. The number of hydrogen-bond donors (Lipinski definition) is 0. The molecular weight excluding hydrogens is 350 g/mol. The van der Waals surface area contributed by atoms with Gasteiger partial charge in [-0.2, -0.15) is 0 Å². The lowest BCUT2D eigenvalue weighted by Crippen LogP contribution is -2.49. The number of benzene rings is 2. The molecule has 1 aliphatic rings. The number of carbonyl (C=O) groups is 1. The van der Waals surface area contributed by atoms with Crippen molar-refractivity contribution in [2.75, 3.05) is 26.2 Å². The Kier molecular flexibility index (Phi) is 4.86. The third-order valence-electron chi connectivity index (χ3n) is 4.78. The van der Waals surface area contributed by atoms with E-state index in [0.29, 0.717) is 0 Å². The first-order valence-corrected chi connectivity index (χ1v) is 9.10. The Balaban J connectivity index is 1.34. The number of amides is 1. The highest BCUT2D eigenvalue weighted by atomic mass is 35.5. The van der Waals surface area contributed by atoms with Crippen molar-refractivity contribution in [1.29, 1.82) is 0 Å². The Hall–Kier alpha value is -2.44. The van der Waals surface area contributed by atoms with Crippen LogP contribution in [-0.4, -0.2) is 56.9 Å². The number of piperazine rings is 1. The molecule has 1 saturated heterocycles. The summed E-state index contributed by atoms with van der Waals surface area (Å²) in [6.45, 7) is 4.16. The van der Waals surface area contributed by atoms with Crippen LogP contribution in [0, 0.1) is 0 Å². The Morgan fingerprint density at radius 2 is 1.73 bits per heavy atom. The fraction of sp³-hybridized carbons (Fsp3) is 0.316. The quantitative estimate of drug-likeness (QED) is 0.708. The molecule has 1 fully saturated rings. The van der Waals surface area contributed by atoms with Crippen molar-refractivity contribution in [2.45, 2.75) is 13.1 Å². The summed E-state index contributed by atoms with van der Waals surface area (Å²) in [4.78, 5) is 16.9. The largest absolute Gasteiger partial charge is 0.339 e.